The number of carbonyl (C=O) groups is 1. The molecule has 5 nitrogen and oxygen atoms in total. The summed E-state index contributed by atoms with van der Waals surface area (Å²) < 4.78 is 5.22. The summed E-state index contributed by atoms with van der Waals surface area (Å²) in [6, 6.07) is 16.9. The van der Waals surface area contributed by atoms with Gasteiger partial charge in [-0.25, -0.2) is 0 Å². The van der Waals surface area contributed by atoms with Gasteiger partial charge in [-0.3, -0.25) is 4.79 Å². The summed E-state index contributed by atoms with van der Waals surface area (Å²) in [5.41, 5.74) is 2.36. The zero-order valence-electron chi connectivity index (χ0n) is 12.2. The highest BCUT2D eigenvalue weighted by Crippen LogP contribution is 2.24. The zero-order valence-corrected chi connectivity index (χ0v) is 12.2. The van der Waals surface area contributed by atoms with Crippen molar-refractivity contribution in [2.75, 3.05) is 12.4 Å². The average Bonchev–Trinajstić information content (AvgIpc) is 3.06. The van der Waals surface area contributed by atoms with Gasteiger partial charge in [0.15, 0.2) is 0 Å². The van der Waals surface area contributed by atoms with Crippen molar-refractivity contribution in [1.82, 2.24) is 0 Å². The van der Waals surface area contributed by atoms with Crippen molar-refractivity contribution in [2.45, 2.75) is 12.5 Å². The number of ether oxygens (including phenoxy) is 1. The molecule has 1 atom stereocenters. The third kappa shape index (κ3) is 2.93. The molecule has 1 aliphatic rings. The summed E-state index contributed by atoms with van der Waals surface area (Å²) in [5.74, 6) is 0.372. The van der Waals surface area contributed by atoms with Crippen LogP contribution < -0.4 is 10.1 Å². The van der Waals surface area contributed by atoms with Crippen LogP contribution in [0.1, 0.15) is 12.0 Å². The summed E-state index contributed by atoms with van der Waals surface area (Å²) in [7, 11) is 1.56. The zero-order chi connectivity index (χ0) is 15.4. The van der Waals surface area contributed by atoms with Gasteiger partial charge in [0.05, 0.1) is 18.5 Å². The second kappa shape index (κ2) is 6.30. The fraction of sp³-hybridized carbons (Fsp3) is 0.176. The largest absolute Gasteiger partial charge is 0.495 e. The van der Waals surface area contributed by atoms with E-state index in [4.69, 9.17) is 9.57 Å². The second-order valence-corrected chi connectivity index (χ2v) is 4.89. The lowest BCUT2D eigenvalue weighted by Crippen LogP contribution is -2.28. The molecule has 2 aromatic rings. The number of nitrogens with one attached hydrogen (secondary N) is 1. The van der Waals surface area contributed by atoms with Crippen LogP contribution in [0.15, 0.2) is 59.8 Å². The van der Waals surface area contributed by atoms with Crippen LogP contribution in [-0.2, 0) is 9.63 Å². The molecule has 1 N–H and O–H groups in total. The Labute approximate surface area is 128 Å². The highest BCUT2D eigenvalue weighted by atomic mass is 16.6. The lowest BCUT2D eigenvalue weighted by Gasteiger charge is -2.12. The van der Waals surface area contributed by atoms with Crippen molar-refractivity contribution in [1.29, 1.82) is 0 Å². The number of amides is 1. The Morgan fingerprint density at radius 2 is 1.91 bits per heavy atom. The third-order valence-corrected chi connectivity index (χ3v) is 3.43. The first-order valence-electron chi connectivity index (χ1n) is 7.00. The molecular weight excluding hydrogens is 280 g/mol. The van der Waals surface area contributed by atoms with E-state index in [9.17, 15) is 4.79 Å². The Morgan fingerprint density at radius 1 is 1.18 bits per heavy atom. The fourth-order valence-electron chi connectivity index (χ4n) is 2.28. The first kappa shape index (κ1) is 14.1. The molecule has 1 heterocycles. The Hall–Kier alpha value is -2.82. The van der Waals surface area contributed by atoms with Gasteiger partial charge in [-0.2, -0.15) is 0 Å². The van der Waals surface area contributed by atoms with E-state index in [1.807, 2.05) is 42.5 Å². The Morgan fingerprint density at radius 3 is 2.68 bits per heavy atom. The predicted octanol–water partition coefficient (Wildman–Crippen LogP) is 2.83. The molecule has 1 aliphatic heterocycles. The molecule has 0 unspecified atom stereocenters. The van der Waals surface area contributed by atoms with Crippen molar-refractivity contribution < 1.29 is 14.4 Å². The lowest BCUT2D eigenvalue weighted by molar-refractivity contribution is -0.125. The number of carbonyl (C=O) groups excluding carboxylic acids is 1. The van der Waals surface area contributed by atoms with Gasteiger partial charge in [-0.15, -0.1) is 0 Å². The van der Waals surface area contributed by atoms with Gasteiger partial charge in [-0.1, -0.05) is 47.6 Å². The second-order valence-electron chi connectivity index (χ2n) is 4.89. The molecule has 22 heavy (non-hydrogen) atoms. The highest BCUT2D eigenvalue weighted by Gasteiger charge is 2.29. The maximum Gasteiger partial charge on any atom is 0.268 e. The van der Waals surface area contributed by atoms with Crippen molar-refractivity contribution in [3.8, 4) is 5.75 Å². The number of anilines is 1. The Kier molecular flexibility index (Phi) is 4.05. The number of hydrogen-bond acceptors (Lipinski definition) is 4. The first-order valence-corrected chi connectivity index (χ1v) is 7.00. The molecule has 2 aromatic carbocycles. The normalized spacial score (nSPS) is 16.6. The van der Waals surface area contributed by atoms with Gasteiger partial charge in [0.2, 0.25) is 6.10 Å². The van der Waals surface area contributed by atoms with Crippen molar-refractivity contribution >= 4 is 17.3 Å². The SMILES string of the molecule is COc1ccccc1NC(=O)[C@@H]1CC(c2ccccc2)=NO1. The molecule has 0 radical (unpaired) electrons. The molecule has 0 saturated heterocycles. The van der Waals surface area contributed by atoms with Crippen LogP contribution in [0.25, 0.3) is 0 Å². The lowest BCUT2D eigenvalue weighted by atomic mass is 10.0. The average molecular weight is 296 g/mol. The monoisotopic (exact) mass is 296 g/mol. The van der Waals surface area contributed by atoms with Crippen LogP contribution in [0.2, 0.25) is 0 Å². The smallest absolute Gasteiger partial charge is 0.268 e. The standard InChI is InChI=1S/C17H16N2O3/c1-21-15-10-6-5-9-13(15)18-17(20)16-11-14(19-22-16)12-7-3-2-4-8-12/h2-10,16H,11H2,1H3,(H,18,20)/t16-/m0/s1. The van der Waals surface area contributed by atoms with Gasteiger partial charge in [0.25, 0.3) is 5.91 Å². The minimum Gasteiger partial charge on any atom is -0.495 e. The molecule has 0 fully saturated rings. The highest BCUT2D eigenvalue weighted by molar-refractivity contribution is 6.06. The number of nitrogens with zero attached hydrogens (tertiary/aromatic N) is 1. The van der Waals surface area contributed by atoms with E-state index >= 15 is 0 Å². The number of para-hydroxylation sites is 2. The minimum atomic E-state index is -0.625. The van der Waals surface area contributed by atoms with Crippen LogP contribution >= 0.6 is 0 Å². The Bertz CT molecular complexity index is 698. The van der Waals surface area contributed by atoms with E-state index < -0.39 is 6.10 Å². The Balaban J connectivity index is 1.66. The number of methoxy groups -OCH3 is 1. The summed E-state index contributed by atoms with van der Waals surface area (Å²) in [6.07, 6.45) is -0.175. The van der Waals surface area contributed by atoms with Crippen molar-refractivity contribution in [3.05, 3.63) is 60.2 Å². The third-order valence-electron chi connectivity index (χ3n) is 3.43. The molecule has 112 valence electrons. The minimum absolute atomic E-state index is 0.237. The van der Waals surface area contributed by atoms with E-state index in [1.165, 1.54) is 0 Å². The summed E-state index contributed by atoms with van der Waals surface area (Å²) in [6.45, 7) is 0. The molecule has 0 aromatic heterocycles. The van der Waals surface area contributed by atoms with E-state index in [-0.39, 0.29) is 5.91 Å². The molecule has 0 bridgehead atoms. The maximum absolute atomic E-state index is 12.3. The topological polar surface area (TPSA) is 59.9 Å². The molecule has 5 heteroatoms. The number of rotatable bonds is 4. The fourth-order valence-corrected chi connectivity index (χ4v) is 2.28. The molecule has 1 amide bonds. The van der Waals surface area contributed by atoms with Crippen LogP contribution in [0.3, 0.4) is 0 Å². The molecule has 0 aliphatic carbocycles. The van der Waals surface area contributed by atoms with E-state index in [1.54, 1.807) is 19.2 Å². The van der Waals surface area contributed by atoms with Gasteiger partial charge < -0.3 is 14.9 Å². The van der Waals surface area contributed by atoms with E-state index in [2.05, 4.69) is 10.5 Å². The molecule has 3 rings (SSSR count). The van der Waals surface area contributed by atoms with E-state index in [0.29, 0.717) is 17.9 Å². The molecule has 0 saturated carbocycles. The summed E-state index contributed by atoms with van der Waals surface area (Å²) in [4.78, 5) is 17.6. The molecular formula is C17H16N2O3. The molecule has 0 spiro atoms. The van der Waals surface area contributed by atoms with Crippen LogP contribution in [0.5, 0.6) is 5.75 Å². The number of oxime groups is 1. The van der Waals surface area contributed by atoms with Crippen molar-refractivity contribution in [3.63, 3.8) is 0 Å². The number of hydrogen-bond donors (Lipinski definition) is 1. The van der Waals surface area contributed by atoms with Crippen LogP contribution in [0, 0.1) is 0 Å². The van der Waals surface area contributed by atoms with Crippen LogP contribution in [-0.4, -0.2) is 24.8 Å². The van der Waals surface area contributed by atoms with Gasteiger partial charge >= 0.3 is 0 Å². The van der Waals surface area contributed by atoms with Gasteiger partial charge in [-0.05, 0) is 17.7 Å². The predicted molar refractivity (Wildman–Crippen MR) is 84.1 cm³/mol. The van der Waals surface area contributed by atoms with Crippen LogP contribution in [0.4, 0.5) is 5.69 Å². The summed E-state index contributed by atoms with van der Waals surface area (Å²) >= 11 is 0. The van der Waals surface area contributed by atoms with Crippen molar-refractivity contribution in [2.24, 2.45) is 5.16 Å². The van der Waals surface area contributed by atoms with E-state index in [0.717, 1.165) is 11.3 Å². The number of benzene rings is 2. The van der Waals surface area contributed by atoms with Gasteiger partial charge in [0.1, 0.15) is 5.75 Å². The summed E-state index contributed by atoms with van der Waals surface area (Å²) in [5, 5.41) is 6.83. The maximum atomic E-state index is 12.3. The first-order chi connectivity index (χ1) is 10.8. The quantitative estimate of drug-likeness (QED) is 0.943. The van der Waals surface area contributed by atoms with Gasteiger partial charge in [0, 0.05) is 6.42 Å².